The summed E-state index contributed by atoms with van der Waals surface area (Å²) in [5.74, 6) is 0. The van der Waals surface area contributed by atoms with Crippen LogP contribution in [-0.4, -0.2) is 61.8 Å². The monoisotopic (exact) mass is 200 g/mol. The van der Waals surface area contributed by atoms with Crippen molar-refractivity contribution in [2.45, 2.75) is 32.4 Å². The third-order valence-corrected chi connectivity index (χ3v) is 2.66. The van der Waals surface area contributed by atoms with Crippen LogP contribution < -0.4 is 0 Å². The first kappa shape index (κ1) is 12.0. The maximum Gasteiger partial charge on any atom is 0.0829 e. The second-order valence-electron chi connectivity index (χ2n) is 5.37. The van der Waals surface area contributed by atoms with E-state index in [0.29, 0.717) is 6.10 Å². The van der Waals surface area contributed by atoms with Gasteiger partial charge in [0.1, 0.15) is 0 Å². The lowest BCUT2D eigenvalue weighted by Crippen LogP contribution is -2.53. The average molecular weight is 200 g/mol. The molecule has 1 unspecified atom stereocenters. The summed E-state index contributed by atoms with van der Waals surface area (Å²) in [6.07, 6.45) is 0.373. The molecular formula is C11H24N2O. The van der Waals surface area contributed by atoms with Gasteiger partial charge >= 0.3 is 0 Å². The van der Waals surface area contributed by atoms with E-state index in [4.69, 9.17) is 4.74 Å². The molecule has 0 radical (unpaired) electrons. The van der Waals surface area contributed by atoms with Gasteiger partial charge in [-0.2, -0.15) is 0 Å². The zero-order valence-corrected chi connectivity index (χ0v) is 10.2. The predicted molar refractivity (Wildman–Crippen MR) is 59.6 cm³/mol. The second-order valence-corrected chi connectivity index (χ2v) is 5.37. The fourth-order valence-corrected chi connectivity index (χ4v) is 1.85. The highest BCUT2D eigenvalue weighted by Gasteiger charge is 2.28. The van der Waals surface area contributed by atoms with Crippen LogP contribution in [0.5, 0.6) is 0 Å². The Labute approximate surface area is 88.0 Å². The molecule has 0 spiro atoms. The Morgan fingerprint density at radius 1 is 1.36 bits per heavy atom. The second kappa shape index (κ2) is 4.60. The molecule has 3 heteroatoms. The van der Waals surface area contributed by atoms with Gasteiger partial charge in [0.25, 0.3) is 0 Å². The van der Waals surface area contributed by atoms with Gasteiger partial charge in [-0.1, -0.05) is 0 Å². The fraction of sp³-hybridized carbons (Fsp3) is 1.00. The maximum absolute atomic E-state index is 5.73. The van der Waals surface area contributed by atoms with E-state index in [1.165, 1.54) is 0 Å². The summed E-state index contributed by atoms with van der Waals surface area (Å²) in [5, 5.41) is 0. The first-order chi connectivity index (χ1) is 6.39. The number of hydrogen-bond donors (Lipinski definition) is 0. The van der Waals surface area contributed by atoms with Gasteiger partial charge in [-0.05, 0) is 34.9 Å². The first-order valence-electron chi connectivity index (χ1n) is 5.41. The van der Waals surface area contributed by atoms with Crippen molar-refractivity contribution in [1.29, 1.82) is 0 Å². The molecule has 1 rings (SSSR count). The molecule has 1 aliphatic rings. The molecule has 1 aliphatic heterocycles. The molecule has 0 bridgehead atoms. The summed E-state index contributed by atoms with van der Waals surface area (Å²) in [7, 11) is 4.19. The Balaban J connectivity index is 2.44. The SMILES string of the molecule is CN(C)CC1CN(C(C)(C)C)CCO1. The van der Waals surface area contributed by atoms with Crippen LogP contribution in [0.15, 0.2) is 0 Å². The van der Waals surface area contributed by atoms with Crippen LogP contribution in [0.4, 0.5) is 0 Å². The van der Waals surface area contributed by atoms with E-state index in [1.807, 2.05) is 0 Å². The van der Waals surface area contributed by atoms with Crippen molar-refractivity contribution in [1.82, 2.24) is 9.80 Å². The summed E-state index contributed by atoms with van der Waals surface area (Å²) in [5.41, 5.74) is 0.272. The van der Waals surface area contributed by atoms with Crippen LogP contribution >= 0.6 is 0 Å². The lowest BCUT2D eigenvalue weighted by molar-refractivity contribution is -0.0650. The van der Waals surface area contributed by atoms with E-state index in [9.17, 15) is 0 Å². The summed E-state index contributed by atoms with van der Waals surface area (Å²) < 4.78 is 5.73. The fourth-order valence-electron chi connectivity index (χ4n) is 1.85. The summed E-state index contributed by atoms with van der Waals surface area (Å²) in [4.78, 5) is 4.70. The number of likely N-dealkylation sites (N-methyl/N-ethyl adjacent to an activating group) is 1. The van der Waals surface area contributed by atoms with Crippen LogP contribution in [0.3, 0.4) is 0 Å². The lowest BCUT2D eigenvalue weighted by atomic mass is 10.0. The molecule has 0 aliphatic carbocycles. The largest absolute Gasteiger partial charge is 0.374 e. The van der Waals surface area contributed by atoms with Crippen molar-refractivity contribution in [3.63, 3.8) is 0 Å². The van der Waals surface area contributed by atoms with E-state index < -0.39 is 0 Å². The number of morpholine rings is 1. The Kier molecular flexibility index (Phi) is 3.93. The Bertz CT molecular complexity index is 175. The minimum atomic E-state index is 0.272. The predicted octanol–water partition coefficient (Wildman–Crippen LogP) is 1.05. The van der Waals surface area contributed by atoms with Gasteiger partial charge in [-0.15, -0.1) is 0 Å². The van der Waals surface area contributed by atoms with Crippen LogP contribution in [0.25, 0.3) is 0 Å². The van der Waals surface area contributed by atoms with Gasteiger partial charge in [0.05, 0.1) is 12.7 Å². The number of ether oxygens (including phenoxy) is 1. The van der Waals surface area contributed by atoms with Gasteiger partial charge in [-0.25, -0.2) is 0 Å². The van der Waals surface area contributed by atoms with Gasteiger partial charge in [0, 0.05) is 25.2 Å². The van der Waals surface area contributed by atoms with Crippen LogP contribution in [0.2, 0.25) is 0 Å². The van der Waals surface area contributed by atoms with Gasteiger partial charge in [0.15, 0.2) is 0 Å². The molecule has 0 amide bonds. The van der Waals surface area contributed by atoms with Crippen LogP contribution in [0.1, 0.15) is 20.8 Å². The van der Waals surface area contributed by atoms with Crippen molar-refractivity contribution in [3.05, 3.63) is 0 Å². The van der Waals surface area contributed by atoms with Crippen molar-refractivity contribution in [3.8, 4) is 0 Å². The van der Waals surface area contributed by atoms with Gasteiger partial charge in [0.2, 0.25) is 0 Å². The number of nitrogens with zero attached hydrogens (tertiary/aromatic N) is 2. The highest BCUT2D eigenvalue weighted by molar-refractivity contribution is 4.82. The normalized spacial score (nSPS) is 25.7. The van der Waals surface area contributed by atoms with Crippen LogP contribution in [0, 0.1) is 0 Å². The molecule has 1 saturated heterocycles. The minimum absolute atomic E-state index is 0.272. The molecule has 84 valence electrons. The average Bonchev–Trinajstić information content (AvgIpc) is 2.01. The smallest absolute Gasteiger partial charge is 0.0829 e. The lowest BCUT2D eigenvalue weighted by Gasteiger charge is -2.42. The Morgan fingerprint density at radius 3 is 2.50 bits per heavy atom. The molecule has 0 aromatic carbocycles. The number of rotatable bonds is 2. The molecule has 1 fully saturated rings. The zero-order valence-electron chi connectivity index (χ0n) is 10.2. The molecule has 0 saturated carbocycles. The van der Waals surface area contributed by atoms with Gasteiger partial charge in [-0.3, -0.25) is 4.90 Å². The van der Waals surface area contributed by atoms with Crippen molar-refractivity contribution in [2.24, 2.45) is 0 Å². The van der Waals surface area contributed by atoms with Crippen molar-refractivity contribution < 1.29 is 4.74 Å². The Hall–Kier alpha value is -0.120. The van der Waals surface area contributed by atoms with Crippen molar-refractivity contribution in [2.75, 3.05) is 40.3 Å². The highest BCUT2D eigenvalue weighted by Crippen LogP contribution is 2.17. The van der Waals surface area contributed by atoms with E-state index in [-0.39, 0.29) is 5.54 Å². The molecule has 0 aromatic heterocycles. The molecule has 14 heavy (non-hydrogen) atoms. The molecule has 1 atom stereocenters. The highest BCUT2D eigenvalue weighted by atomic mass is 16.5. The standard InChI is InChI=1S/C11H24N2O/c1-11(2,3)13-6-7-14-10(9-13)8-12(4)5/h10H,6-9H2,1-5H3. The summed E-state index contributed by atoms with van der Waals surface area (Å²) >= 11 is 0. The zero-order chi connectivity index (χ0) is 10.8. The molecule has 0 N–H and O–H groups in total. The quantitative estimate of drug-likeness (QED) is 0.662. The molecule has 0 aromatic rings. The summed E-state index contributed by atoms with van der Waals surface area (Å²) in [6, 6.07) is 0. The van der Waals surface area contributed by atoms with Gasteiger partial charge < -0.3 is 9.64 Å². The Morgan fingerprint density at radius 2 is 2.00 bits per heavy atom. The van der Waals surface area contributed by atoms with E-state index in [2.05, 4.69) is 44.7 Å². The van der Waals surface area contributed by atoms with Crippen LogP contribution in [-0.2, 0) is 4.74 Å². The molecule has 3 nitrogen and oxygen atoms in total. The molecule has 1 heterocycles. The van der Waals surface area contributed by atoms with E-state index >= 15 is 0 Å². The van der Waals surface area contributed by atoms with E-state index in [1.54, 1.807) is 0 Å². The maximum atomic E-state index is 5.73. The topological polar surface area (TPSA) is 15.7 Å². The minimum Gasteiger partial charge on any atom is -0.374 e. The number of hydrogen-bond acceptors (Lipinski definition) is 3. The van der Waals surface area contributed by atoms with Crippen molar-refractivity contribution >= 4 is 0 Å². The summed E-state index contributed by atoms with van der Waals surface area (Å²) in [6.45, 7) is 10.8. The molecular weight excluding hydrogens is 176 g/mol. The van der Waals surface area contributed by atoms with E-state index in [0.717, 1.165) is 26.2 Å². The first-order valence-corrected chi connectivity index (χ1v) is 5.41. The third kappa shape index (κ3) is 3.56. The third-order valence-electron chi connectivity index (χ3n) is 2.66.